The van der Waals surface area contributed by atoms with Crippen molar-refractivity contribution in [2.75, 3.05) is 33.3 Å². The first-order valence-electron chi connectivity index (χ1n) is 6.50. The molecule has 0 aliphatic heterocycles. The summed E-state index contributed by atoms with van der Waals surface area (Å²) in [6.45, 7) is 11.4. The van der Waals surface area contributed by atoms with E-state index in [1.165, 1.54) is 0 Å². The van der Waals surface area contributed by atoms with Gasteiger partial charge in [-0.05, 0) is 40.7 Å². The molecule has 0 aromatic heterocycles. The van der Waals surface area contributed by atoms with Crippen molar-refractivity contribution in [3.05, 3.63) is 0 Å². The zero-order chi connectivity index (χ0) is 13.3. The van der Waals surface area contributed by atoms with Crippen molar-refractivity contribution in [1.29, 1.82) is 0 Å². The largest absolute Gasteiger partial charge is 0.379 e. The molecule has 1 amide bonds. The van der Waals surface area contributed by atoms with Crippen LogP contribution >= 0.6 is 0 Å². The minimum atomic E-state index is -0.0874. The van der Waals surface area contributed by atoms with Crippen molar-refractivity contribution in [2.24, 2.45) is 0 Å². The van der Waals surface area contributed by atoms with E-state index in [0.29, 0.717) is 6.42 Å². The minimum absolute atomic E-state index is 0.0874. The van der Waals surface area contributed by atoms with Gasteiger partial charge >= 0.3 is 0 Å². The third-order valence-corrected chi connectivity index (χ3v) is 3.09. The summed E-state index contributed by atoms with van der Waals surface area (Å²) in [5.74, 6) is 0.230. The lowest BCUT2D eigenvalue weighted by molar-refractivity contribution is -0.130. The molecule has 0 aliphatic carbocycles. The summed E-state index contributed by atoms with van der Waals surface area (Å²) in [4.78, 5) is 13.5. The highest BCUT2D eigenvalue weighted by Crippen LogP contribution is 2.11. The first-order valence-corrected chi connectivity index (χ1v) is 6.50. The average molecular weight is 244 g/mol. The van der Waals surface area contributed by atoms with Gasteiger partial charge in [0.25, 0.3) is 0 Å². The molecule has 102 valence electrons. The number of rotatable bonds is 9. The fourth-order valence-electron chi connectivity index (χ4n) is 1.55. The molecule has 0 bridgehead atoms. The second-order valence-electron chi connectivity index (χ2n) is 4.78. The molecule has 0 unspecified atom stereocenters. The number of ether oxygens (including phenoxy) is 1. The minimum Gasteiger partial charge on any atom is -0.379 e. The Kier molecular flexibility index (Phi) is 8.17. The normalized spacial score (nSPS) is 11.6. The molecule has 0 fully saturated rings. The van der Waals surface area contributed by atoms with Gasteiger partial charge in [-0.3, -0.25) is 4.79 Å². The molecule has 0 spiro atoms. The molecule has 0 heterocycles. The number of hydrogen-bond donors (Lipinski definition) is 1. The van der Waals surface area contributed by atoms with E-state index in [1.807, 2.05) is 18.7 Å². The molecule has 0 aromatic carbocycles. The number of amides is 1. The Bertz CT molecular complexity index is 213. The van der Waals surface area contributed by atoms with Gasteiger partial charge < -0.3 is 15.0 Å². The molecule has 0 aromatic rings. The molecule has 0 radical (unpaired) electrons. The summed E-state index contributed by atoms with van der Waals surface area (Å²) in [6, 6.07) is 0. The van der Waals surface area contributed by atoms with Gasteiger partial charge in [-0.2, -0.15) is 0 Å². The number of hydrogen-bond acceptors (Lipinski definition) is 3. The lowest BCUT2D eigenvalue weighted by Gasteiger charge is -2.23. The molecule has 1 N–H and O–H groups in total. The highest BCUT2D eigenvalue weighted by atomic mass is 16.5. The van der Waals surface area contributed by atoms with Crippen molar-refractivity contribution < 1.29 is 9.53 Å². The van der Waals surface area contributed by atoms with Crippen molar-refractivity contribution in [1.82, 2.24) is 10.2 Å². The number of carbonyl (C=O) groups excluding carboxylic acids is 1. The predicted molar refractivity (Wildman–Crippen MR) is 71.1 cm³/mol. The molecule has 4 heteroatoms. The van der Waals surface area contributed by atoms with E-state index in [9.17, 15) is 4.79 Å². The number of carbonyl (C=O) groups is 1. The lowest BCUT2D eigenvalue weighted by Crippen LogP contribution is -2.34. The summed E-state index contributed by atoms with van der Waals surface area (Å²) in [5, 5.41) is 3.28. The fourth-order valence-corrected chi connectivity index (χ4v) is 1.55. The van der Waals surface area contributed by atoms with E-state index < -0.39 is 0 Å². The van der Waals surface area contributed by atoms with Gasteiger partial charge in [-0.25, -0.2) is 0 Å². The average Bonchev–Trinajstić information content (AvgIpc) is 2.30. The second kappa shape index (κ2) is 8.48. The van der Waals surface area contributed by atoms with Crippen LogP contribution in [-0.4, -0.2) is 49.7 Å². The number of nitrogens with one attached hydrogen (secondary N) is 1. The summed E-state index contributed by atoms with van der Waals surface area (Å²) < 4.78 is 5.32. The van der Waals surface area contributed by atoms with Gasteiger partial charge in [0.15, 0.2) is 0 Å². The van der Waals surface area contributed by atoms with Crippen LogP contribution in [0.4, 0.5) is 0 Å². The van der Waals surface area contributed by atoms with Crippen LogP contribution in [0.1, 0.15) is 40.5 Å². The molecular weight excluding hydrogens is 216 g/mol. The van der Waals surface area contributed by atoms with Gasteiger partial charge in [0.2, 0.25) is 5.91 Å². The van der Waals surface area contributed by atoms with E-state index in [0.717, 1.165) is 32.6 Å². The Labute approximate surface area is 106 Å². The second-order valence-corrected chi connectivity index (χ2v) is 4.78. The van der Waals surface area contributed by atoms with E-state index in [2.05, 4.69) is 19.2 Å². The van der Waals surface area contributed by atoms with Crippen LogP contribution < -0.4 is 5.32 Å². The van der Waals surface area contributed by atoms with E-state index in [-0.39, 0.29) is 11.5 Å². The monoisotopic (exact) mass is 244 g/mol. The molecular formula is C13H28N2O2. The smallest absolute Gasteiger partial charge is 0.223 e. The third-order valence-electron chi connectivity index (χ3n) is 3.09. The maximum atomic E-state index is 11.7. The van der Waals surface area contributed by atoms with E-state index in [1.54, 1.807) is 7.11 Å². The quantitative estimate of drug-likeness (QED) is 0.627. The molecule has 0 rings (SSSR count). The standard InChI is InChI=1S/C13H28N2O2/c1-6-15(7-2)12(16)8-10-14-11-9-13(3,4)17-5/h14H,6-11H2,1-5H3. The maximum absolute atomic E-state index is 11.7. The van der Waals surface area contributed by atoms with Gasteiger partial charge in [0.05, 0.1) is 5.60 Å². The van der Waals surface area contributed by atoms with Crippen LogP contribution in [0.3, 0.4) is 0 Å². The van der Waals surface area contributed by atoms with Crippen molar-refractivity contribution in [3.8, 4) is 0 Å². The Morgan fingerprint density at radius 1 is 1.24 bits per heavy atom. The van der Waals surface area contributed by atoms with Gasteiger partial charge in [-0.1, -0.05) is 0 Å². The highest BCUT2D eigenvalue weighted by molar-refractivity contribution is 5.76. The molecule has 0 saturated heterocycles. The Balaban J connectivity index is 3.61. The van der Waals surface area contributed by atoms with Crippen LogP contribution in [0, 0.1) is 0 Å². The lowest BCUT2D eigenvalue weighted by atomic mass is 10.1. The Morgan fingerprint density at radius 3 is 2.29 bits per heavy atom. The van der Waals surface area contributed by atoms with Gasteiger partial charge in [0, 0.05) is 33.2 Å². The molecule has 0 aliphatic rings. The first kappa shape index (κ1) is 16.4. The fraction of sp³-hybridized carbons (Fsp3) is 0.923. The molecule has 17 heavy (non-hydrogen) atoms. The highest BCUT2D eigenvalue weighted by Gasteiger charge is 2.15. The summed E-state index contributed by atoms with van der Waals surface area (Å²) >= 11 is 0. The number of nitrogens with zero attached hydrogens (tertiary/aromatic N) is 1. The molecule has 0 atom stereocenters. The number of methoxy groups -OCH3 is 1. The summed E-state index contributed by atoms with van der Waals surface area (Å²) in [6.07, 6.45) is 1.53. The summed E-state index contributed by atoms with van der Waals surface area (Å²) in [7, 11) is 1.73. The molecule has 4 nitrogen and oxygen atoms in total. The van der Waals surface area contributed by atoms with Gasteiger partial charge in [-0.15, -0.1) is 0 Å². The SMILES string of the molecule is CCN(CC)C(=O)CCNCCC(C)(C)OC. The topological polar surface area (TPSA) is 41.6 Å². The third kappa shape index (κ3) is 7.34. The zero-order valence-corrected chi connectivity index (χ0v) is 12.0. The van der Waals surface area contributed by atoms with Gasteiger partial charge in [0.1, 0.15) is 0 Å². The van der Waals surface area contributed by atoms with Crippen LogP contribution in [0.15, 0.2) is 0 Å². The zero-order valence-electron chi connectivity index (χ0n) is 12.0. The first-order chi connectivity index (χ1) is 7.96. The van der Waals surface area contributed by atoms with Crippen LogP contribution in [0.5, 0.6) is 0 Å². The molecule has 0 saturated carbocycles. The Morgan fingerprint density at radius 2 is 1.82 bits per heavy atom. The van der Waals surface area contributed by atoms with E-state index >= 15 is 0 Å². The maximum Gasteiger partial charge on any atom is 0.223 e. The van der Waals surface area contributed by atoms with Crippen molar-refractivity contribution >= 4 is 5.91 Å². The van der Waals surface area contributed by atoms with Crippen molar-refractivity contribution in [3.63, 3.8) is 0 Å². The van der Waals surface area contributed by atoms with Crippen molar-refractivity contribution in [2.45, 2.75) is 46.1 Å². The van der Waals surface area contributed by atoms with Crippen LogP contribution in [0.2, 0.25) is 0 Å². The van der Waals surface area contributed by atoms with Crippen LogP contribution in [0.25, 0.3) is 0 Å². The predicted octanol–water partition coefficient (Wildman–Crippen LogP) is 1.65. The van der Waals surface area contributed by atoms with E-state index in [4.69, 9.17) is 4.74 Å². The Hall–Kier alpha value is -0.610. The summed E-state index contributed by atoms with van der Waals surface area (Å²) in [5.41, 5.74) is -0.0874. The van der Waals surface area contributed by atoms with Crippen LogP contribution in [-0.2, 0) is 9.53 Å².